The molecule has 2 aromatic carbocycles. The third-order valence-electron chi connectivity index (χ3n) is 3.90. The number of halogens is 2. The summed E-state index contributed by atoms with van der Waals surface area (Å²) in [4.78, 5) is 14.7. The lowest BCUT2D eigenvalue weighted by Crippen LogP contribution is -2.38. The maximum Gasteiger partial charge on any atom is 0.258 e. The van der Waals surface area contributed by atoms with Crippen molar-refractivity contribution in [1.29, 1.82) is 0 Å². The molecule has 1 heterocycles. The van der Waals surface area contributed by atoms with Crippen LogP contribution in [0.3, 0.4) is 0 Å². The van der Waals surface area contributed by atoms with Gasteiger partial charge in [0.05, 0.1) is 35.2 Å². The number of ether oxygens (including phenoxy) is 1. The van der Waals surface area contributed by atoms with Gasteiger partial charge in [-0.1, -0.05) is 23.7 Å². The molecule has 0 atom stereocenters. The second-order valence-electron chi connectivity index (χ2n) is 5.65. The lowest BCUT2D eigenvalue weighted by atomic mass is 10.2. The van der Waals surface area contributed by atoms with Crippen molar-refractivity contribution in [3.05, 3.63) is 56.6 Å². The molecule has 1 saturated heterocycles. The summed E-state index contributed by atoms with van der Waals surface area (Å²) >= 11 is 13.6. The van der Waals surface area contributed by atoms with Crippen molar-refractivity contribution in [3.63, 3.8) is 0 Å². The van der Waals surface area contributed by atoms with E-state index in [1.807, 2.05) is 30.3 Å². The van der Waals surface area contributed by atoms with Gasteiger partial charge in [-0.15, -0.1) is 0 Å². The number of anilines is 2. The molecule has 3 rings (SSSR count). The highest BCUT2D eigenvalue weighted by atomic mass is 127. The first-order valence-corrected chi connectivity index (χ1v) is 9.90. The fourth-order valence-corrected chi connectivity index (χ4v) is 3.55. The highest BCUT2D eigenvalue weighted by Crippen LogP contribution is 2.26. The van der Waals surface area contributed by atoms with Crippen LogP contribution in [0.4, 0.5) is 11.4 Å². The van der Waals surface area contributed by atoms with Gasteiger partial charge in [0, 0.05) is 16.7 Å². The smallest absolute Gasteiger partial charge is 0.258 e. The van der Waals surface area contributed by atoms with Gasteiger partial charge in [-0.05, 0) is 65.1 Å². The van der Waals surface area contributed by atoms with Crippen LogP contribution < -0.4 is 15.5 Å². The van der Waals surface area contributed by atoms with Gasteiger partial charge < -0.3 is 15.0 Å². The first kappa shape index (κ1) is 19.3. The van der Waals surface area contributed by atoms with Crippen LogP contribution in [0.1, 0.15) is 10.4 Å². The van der Waals surface area contributed by atoms with E-state index in [4.69, 9.17) is 28.6 Å². The number of amides is 1. The Bertz CT molecular complexity index is 828. The second kappa shape index (κ2) is 8.98. The van der Waals surface area contributed by atoms with E-state index in [0.717, 1.165) is 28.0 Å². The molecule has 0 radical (unpaired) electrons. The number of hydrogen-bond acceptors (Lipinski definition) is 4. The minimum absolute atomic E-state index is 0.227. The molecule has 0 aliphatic carbocycles. The van der Waals surface area contributed by atoms with E-state index in [1.165, 1.54) is 0 Å². The normalized spacial score (nSPS) is 14.0. The Kier molecular flexibility index (Phi) is 6.68. The summed E-state index contributed by atoms with van der Waals surface area (Å²) in [5, 5.41) is 6.42. The number of carbonyl (C=O) groups is 1. The van der Waals surface area contributed by atoms with Crippen LogP contribution in [0.2, 0.25) is 5.02 Å². The summed E-state index contributed by atoms with van der Waals surface area (Å²) in [7, 11) is 0. The average molecular weight is 502 g/mol. The van der Waals surface area contributed by atoms with Gasteiger partial charge in [-0.2, -0.15) is 0 Å². The van der Waals surface area contributed by atoms with Crippen molar-refractivity contribution >= 4 is 68.8 Å². The Hall–Kier alpha value is -1.42. The van der Waals surface area contributed by atoms with Crippen LogP contribution in [-0.2, 0) is 4.74 Å². The van der Waals surface area contributed by atoms with Gasteiger partial charge >= 0.3 is 0 Å². The summed E-state index contributed by atoms with van der Waals surface area (Å²) in [6, 6.07) is 13.1. The molecule has 1 aliphatic rings. The fraction of sp³-hybridized carbons (Fsp3) is 0.222. The summed E-state index contributed by atoms with van der Waals surface area (Å²) in [6.07, 6.45) is 0. The Morgan fingerprint density at radius 2 is 1.92 bits per heavy atom. The lowest BCUT2D eigenvalue weighted by Gasteiger charge is -2.30. The molecule has 1 amide bonds. The quantitative estimate of drug-likeness (QED) is 0.493. The summed E-state index contributed by atoms with van der Waals surface area (Å²) < 4.78 is 6.33. The van der Waals surface area contributed by atoms with Crippen LogP contribution in [0.25, 0.3) is 0 Å². The number of nitrogens with one attached hydrogen (secondary N) is 2. The van der Waals surface area contributed by atoms with Gasteiger partial charge in [0.2, 0.25) is 0 Å². The van der Waals surface area contributed by atoms with E-state index < -0.39 is 0 Å². The molecule has 8 heteroatoms. The van der Waals surface area contributed by atoms with Crippen molar-refractivity contribution in [2.24, 2.45) is 0 Å². The molecule has 5 nitrogen and oxygen atoms in total. The van der Waals surface area contributed by atoms with Crippen molar-refractivity contribution in [2.75, 3.05) is 36.5 Å². The highest BCUT2D eigenvalue weighted by molar-refractivity contribution is 14.1. The molecular formula is C18H17ClIN3O2S. The predicted molar refractivity (Wildman–Crippen MR) is 117 cm³/mol. The third kappa shape index (κ3) is 4.85. The summed E-state index contributed by atoms with van der Waals surface area (Å²) in [5.41, 5.74) is 2.26. The predicted octanol–water partition coefficient (Wildman–Crippen LogP) is 3.91. The zero-order valence-corrected chi connectivity index (χ0v) is 17.5. The number of thiocarbonyl (C=S) groups is 1. The van der Waals surface area contributed by atoms with Crippen LogP contribution in [0.5, 0.6) is 0 Å². The summed E-state index contributed by atoms with van der Waals surface area (Å²) in [6.45, 7) is 3.02. The number of rotatable bonds is 3. The zero-order chi connectivity index (χ0) is 18.5. The standard InChI is InChI=1S/C18H17ClIN3O2S/c19-14-6-5-12(20)11-13(14)17(24)22-18(26)21-15-3-1-2-4-16(15)23-7-9-25-10-8-23/h1-6,11H,7-10H2,(H2,21,22,24,26). The average Bonchev–Trinajstić information content (AvgIpc) is 2.64. The molecule has 0 saturated carbocycles. The maximum absolute atomic E-state index is 12.5. The molecule has 1 aliphatic heterocycles. The first-order valence-electron chi connectivity index (χ1n) is 8.04. The molecule has 0 aromatic heterocycles. The Morgan fingerprint density at radius 1 is 1.19 bits per heavy atom. The molecule has 0 unspecified atom stereocenters. The van der Waals surface area contributed by atoms with Gasteiger partial charge in [0.15, 0.2) is 5.11 Å². The van der Waals surface area contributed by atoms with Crippen LogP contribution in [0, 0.1) is 3.57 Å². The van der Waals surface area contributed by atoms with Gasteiger partial charge in [0.25, 0.3) is 5.91 Å². The van der Waals surface area contributed by atoms with Gasteiger partial charge in [0.1, 0.15) is 0 Å². The molecule has 1 fully saturated rings. The van der Waals surface area contributed by atoms with Gasteiger partial charge in [-0.25, -0.2) is 0 Å². The largest absolute Gasteiger partial charge is 0.378 e. The Labute approximate surface area is 176 Å². The van der Waals surface area contributed by atoms with E-state index in [0.29, 0.717) is 23.8 Å². The van der Waals surface area contributed by atoms with Crippen LogP contribution >= 0.6 is 46.4 Å². The number of benzene rings is 2. The monoisotopic (exact) mass is 501 g/mol. The minimum atomic E-state index is -0.338. The number of morpholine rings is 1. The lowest BCUT2D eigenvalue weighted by molar-refractivity contribution is 0.0978. The number of nitrogens with zero attached hydrogens (tertiary/aromatic N) is 1. The van der Waals surface area contributed by atoms with E-state index >= 15 is 0 Å². The van der Waals surface area contributed by atoms with E-state index in [2.05, 4.69) is 38.1 Å². The molecule has 2 N–H and O–H groups in total. The molecule has 26 heavy (non-hydrogen) atoms. The van der Waals surface area contributed by atoms with Crippen molar-refractivity contribution < 1.29 is 9.53 Å². The Balaban J connectivity index is 1.70. The first-order chi connectivity index (χ1) is 12.5. The Morgan fingerprint density at radius 3 is 2.69 bits per heavy atom. The zero-order valence-electron chi connectivity index (χ0n) is 13.8. The van der Waals surface area contributed by atoms with Crippen molar-refractivity contribution in [3.8, 4) is 0 Å². The fourth-order valence-electron chi connectivity index (χ4n) is 2.65. The molecule has 136 valence electrons. The molecule has 2 aromatic rings. The highest BCUT2D eigenvalue weighted by Gasteiger charge is 2.16. The minimum Gasteiger partial charge on any atom is -0.378 e. The van der Waals surface area contributed by atoms with E-state index in [1.54, 1.807) is 12.1 Å². The van der Waals surface area contributed by atoms with Crippen molar-refractivity contribution in [1.82, 2.24) is 5.32 Å². The number of hydrogen-bond donors (Lipinski definition) is 2. The topological polar surface area (TPSA) is 53.6 Å². The maximum atomic E-state index is 12.5. The van der Waals surface area contributed by atoms with E-state index in [-0.39, 0.29) is 11.0 Å². The van der Waals surface area contributed by atoms with Crippen LogP contribution in [0.15, 0.2) is 42.5 Å². The van der Waals surface area contributed by atoms with Crippen molar-refractivity contribution in [2.45, 2.75) is 0 Å². The molecule has 0 bridgehead atoms. The summed E-state index contributed by atoms with van der Waals surface area (Å²) in [5.74, 6) is -0.338. The SMILES string of the molecule is O=C(NC(=S)Nc1ccccc1N1CCOCC1)c1cc(I)ccc1Cl. The molecular weight excluding hydrogens is 485 g/mol. The number of carbonyl (C=O) groups excluding carboxylic acids is 1. The third-order valence-corrected chi connectivity index (χ3v) is 5.11. The molecule has 0 spiro atoms. The van der Waals surface area contributed by atoms with Crippen LogP contribution in [-0.4, -0.2) is 37.3 Å². The van der Waals surface area contributed by atoms with E-state index in [9.17, 15) is 4.79 Å². The number of para-hydroxylation sites is 2. The van der Waals surface area contributed by atoms with Gasteiger partial charge in [-0.3, -0.25) is 10.1 Å². The second-order valence-corrected chi connectivity index (χ2v) is 7.71.